The predicted molar refractivity (Wildman–Crippen MR) is 75.7 cm³/mol. The van der Waals surface area contributed by atoms with E-state index in [2.05, 4.69) is 31.2 Å². The molecule has 0 spiro atoms. The van der Waals surface area contributed by atoms with Crippen LogP contribution in [0.3, 0.4) is 0 Å². The molecule has 1 aromatic rings. The molecule has 0 aliphatic heterocycles. The molecular weight excluding hydrogens is 238 g/mol. The molecule has 2 aliphatic rings. The van der Waals surface area contributed by atoms with E-state index in [4.69, 9.17) is 10.6 Å². The minimum absolute atomic E-state index is 0.255. The molecule has 0 radical (unpaired) electrons. The molecule has 2 bridgehead atoms. The molecule has 104 valence electrons. The number of hydrogen-bond donors (Lipinski definition) is 2. The van der Waals surface area contributed by atoms with E-state index in [1.54, 1.807) is 0 Å². The Balaban J connectivity index is 1.82. The average Bonchev–Trinajstić information content (AvgIpc) is 2.72. The highest BCUT2D eigenvalue weighted by Crippen LogP contribution is 2.66. The van der Waals surface area contributed by atoms with Crippen LogP contribution in [0.15, 0.2) is 18.2 Å². The molecule has 0 amide bonds. The fraction of sp³-hybridized carbons (Fsp3) is 0.667. The SMILES string of the molecule is CC1(C)C2CCC1(C)C(Oc1cccc(NN)n1)C2. The van der Waals surface area contributed by atoms with E-state index in [0.717, 1.165) is 12.3 Å². The molecule has 19 heavy (non-hydrogen) atoms. The van der Waals surface area contributed by atoms with E-state index in [1.807, 2.05) is 18.2 Å². The van der Waals surface area contributed by atoms with Gasteiger partial charge in [0, 0.05) is 11.5 Å². The predicted octanol–water partition coefficient (Wildman–Crippen LogP) is 2.96. The lowest BCUT2D eigenvalue weighted by Crippen LogP contribution is -2.39. The van der Waals surface area contributed by atoms with Crippen molar-refractivity contribution in [1.82, 2.24) is 4.98 Å². The summed E-state index contributed by atoms with van der Waals surface area (Å²) in [4.78, 5) is 4.36. The first-order valence-electron chi connectivity index (χ1n) is 7.08. The summed E-state index contributed by atoms with van der Waals surface area (Å²) in [6.45, 7) is 7.15. The monoisotopic (exact) mass is 261 g/mol. The number of nitrogens with one attached hydrogen (secondary N) is 1. The van der Waals surface area contributed by atoms with Crippen LogP contribution in [0.25, 0.3) is 0 Å². The highest BCUT2D eigenvalue weighted by atomic mass is 16.5. The molecule has 4 nitrogen and oxygen atoms in total. The Labute approximate surface area is 114 Å². The zero-order valence-electron chi connectivity index (χ0n) is 11.9. The van der Waals surface area contributed by atoms with Crippen molar-refractivity contribution < 1.29 is 4.74 Å². The molecule has 3 rings (SSSR count). The molecule has 3 unspecified atom stereocenters. The largest absolute Gasteiger partial charge is 0.474 e. The van der Waals surface area contributed by atoms with Crippen LogP contribution < -0.4 is 16.0 Å². The van der Waals surface area contributed by atoms with Gasteiger partial charge >= 0.3 is 0 Å². The van der Waals surface area contributed by atoms with Gasteiger partial charge in [0.15, 0.2) is 0 Å². The number of rotatable bonds is 3. The molecule has 2 fully saturated rings. The summed E-state index contributed by atoms with van der Waals surface area (Å²) in [5.41, 5.74) is 3.18. The lowest BCUT2D eigenvalue weighted by Gasteiger charge is -2.38. The van der Waals surface area contributed by atoms with Crippen LogP contribution in [-0.4, -0.2) is 11.1 Å². The maximum Gasteiger partial charge on any atom is 0.215 e. The second-order valence-corrected chi connectivity index (χ2v) is 6.72. The van der Waals surface area contributed by atoms with Crippen molar-refractivity contribution in [1.29, 1.82) is 0 Å². The summed E-state index contributed by atoms with van der Waals surface area (Å²) in [5.74, 6) is 7.48. The van der Waals surface area contributed by atoms with Crippen LogP contribution in [0.5, 0.6) is 5.88 Å². The van der Waals surface area contributed by atoms with Crippen molar-refractivity contribution in [2.45, 2.75) is 46.1 Å². The maximum atomic E-state index is 6.18. The number of ether oxygens (including phenoxy) is 1. The normalized spacial score (nSPS) is 35.4. The average molecular weight is 261 g/mol. The first kappa shape index (κ1) is 12.7. The van der Waals surface area contributed by atoms with Crippen molar-refractivity contribution in [3.8, 4) is 5.88 Å². The van der Waals surface area contributed by atoms with Crippen LogP contribution in [-0.2, 0) is 0 Å². The molecule has 2 saturated carbocycles. The number of aromatic nitrogens is 1. The molecule has 2 aliphatic carbocycles. The quantitative estimate of drug-likeness (QED) is 0.648. The van der Waals surface area contributed by atoms with Gasteiger partial charge in [0.2, 0.25) is 5.88 Å². The number of pyridine rings is 1. The zero-order valence-corrected chi connectivity index (χ0v) is 11.9. The van der Waals surface area contributed by atoms with E-state index >= 15 is 0 Å². The topological polar surface area (TPSA) is 60.2 Å². The summed E-state index contributed by atoms with van der Waals surface area (Å²) in [7, 11) is 0. The van der Waals surface area contributed by atoms with Gasteiger partial charge in [-0.2, -0.15) is 4.98 Å². The lowest BCUT2D eigenvalue weighted by atomic mass is 9.70. The van der Waals surface area contributed by atoms with Gasteiger partial charge in [-0.1, -0.05) is 26.8 Å². The van der Waals surface area contributed by atoms with Crippen LogP contribution in [0, 0.1) is 16.7 Å². The molecule has 4 heteroatoms. The van der Waals surface area contributed by atoms with Gasteiger partial charge < -0.3 is 10.2 Å². The Kier molecular flexibility index (Phi) is 2.75. The minimum Gasteiger partial charge on any atom is -0.474 e. The molecule has 3 atom stereocenters. The van der Waals surface area contributed by atoms with E-state index < -0.39 is 0 Å². The number of nitrogen functional groups attached to an aromatic ring is 1. The van der Waals surface area contributed by atoms with E-state index in [1.165, 1.54) is 12.8 Å². The van der Waals surface area contributed by atoms with Gasteiger partial charge in [0.05, 0.1) is 0 Å². The zero-order chi connectivity index (χ0) is 13.7. The summed E-state index contributed by atoms with van der Waals surface area (Å²) in [6, 6.07) is 5.65. The maximum absolute atomic E-state index is 6.18. The van der Waals surface area contributed by atoms with E-state index in [0.29, 0.717) is 17.1 Å². The Hall–Kier alpha value is -1.29. The van der Waals surface area contributed by atoms with E-state index in [9.17, 15) is 0 Å². The highest BCUT2D eigenvalue weighted by molar-refractivity contribution is 5.35. The van der Waals surface area contributed by atoms with Crippen molar-refractivity contribution in [3.63, 3.8) is 0 Å². The number of hydrogen-bond acceptors (Lipinski definition) is 4. The Bertz CT molecular complexity index is 488. The van der Waals surface area contributed by atoms with Crippen molar-refractivity contribution in [2.75, 3.05) is 5.43 Å². The van der Waals surface area contributed by atoms with Crippen LogP contribution >= 0.6 is 0 Å². The van der Waals surface area contributed by atoms with Crippen molar-refractivity contribution >= 4 is 5.82 Å². The smallest absolute Gasteiger partial charge is 0.215 e. The van der Waals surface area contributed by atoms with Gasteiger partial charge in [-0.3, -0.25) is 0 Å². The van der Waals surface area contributed by atoms with Crippen LogP contribution in [0.4, 0.5) is 5.82 Å². The summed E-state index contributed by atoms with van der Waals surface area (Å²) in [5, 5.41) is 0. The number of fused-ring (bicyclic) bond motifs is 2. The number of hydrazine groups is 1. The number of nitrogens with two attached hydrogens (primary N) is 1. The Morgan fingerprint density at radius 3 is 2.74 bits per heavy atom. The van der Waals surface area contributed by atoms with Crippen LogP contribution in [0.1, 0.15) is 40.0 Å². The first-order valence-corrected chi connectivity index (χ1v) is 7.08. The molecular formula is C15H23N3O. The molecule has 0 saturated heterocycles. The highest BCUT2D eigenvalue weighted by Gasteiger charge is 2.62. The standard InChI is InChI=1S/C15H23N3O/c1-14(2)10-7-8-15(14,3)11(9-10)19-13-6-4-5-12(17-13)18-16/h4-6,10-11H,7-9,16H2,1-3H3,(H,17,18). The second kappa shape index (κ2) is 4.10. The van der Waals surface area contributed by atoms with Crippen LogP contribution in [0.2, 0.25) is 0 Å². The number of anilines is 1. The van der Waals surface area contributed by atoms with Crippen molar-refractivity contribution in [3.05, 3.63) is 18.2 Å². The summed E-state index contributed by atoms with van der Waals surface area (Å²) in [6.07, 6.45) is 4.00. The summed E-state index contributed by atoms with van der Waals surface area (Å²) < 4.78 is 6.18. The third-order valence-electron chi connectivity index (χ3n) is 5.85. The minimum atomic E-state index is 0.255. The molecule has 3 N–H and O–H groups in total. The Morgan fingerprint density at radius 2 is 2.16 bits per heavy atom. The van der Waals surface area contributed by atoms with Gasteiger partial charge in [0.1, 0.15) is 11.9 Å². The molecule has 1 aromatic heterocycles. The Morgan fingerprint density at radius 1 is 1.37 bits per heavy atom. The summed E-state index contributed by atoms with van der Waals surface area (Å²) >= 11 is 0. The fourth-order valence-corrected chi connectivity index (χ4v) is 4.02. The molecule has 1 heterocycles. The second-order valence-electron chi connectivity index (χ2n) is 6.72. The fourth-order valence-electron chi connectivity index (χ4n) is 4.02. The number of nitrogens with zero attached hydrogens (tertiary/aromatic N) is 1. The van der Waals surface area contributed by atoms with Crippen molar-refractivity contribution in [2.24, 2.45) is 22.6 Å². The van der Waals surface area contributed by atoms with Gasteiger partial charge in [-0.25, -0.2) is 5.84 Å². The van der Waals surface area contributed by atoms with Gasteiger partial charge in [-0.15, -0.1) is 0 Å². The third kappa shape index (κ3) is 1.73. The first-order chi connectivity index (χ1) is 8.97. The third-order valence-corrected chi connectivity index (χ3v) is 5.85. The molecule has 0 aromatic carbocycles. The van der Waals surface area contributed by atoms with E-state index in [-0.39, 0.29) is 11.5 Å². The van der Waals surface area contributed by atoms with Gasteiger partial charge in [0.25, 0.3) is 0 Å². The lowest BCUT2D eigenvalue weighted by molar-refractivity contribution is 0.0274. The van der Waals surface area contributed by atoms with Gasteiger partial charge in [-0.05, 0) is 36.7 Å².